The normalized spacial score (nSPS) is 13.8. The summed E-state index contributed by atoms with van der Waals surface area (Å²) >= 11 is 1.39. The molecule has 2 N–H and O–H groups in total. The molecule has 0 atom stereocenters. The van der Waals surface area contributed by atoms with Gasteiger partial charge >= 0.3 is 6.03 Å². The van der Waals surface area contributed by atoms with E-state index in [4.69, 9.17) is 0 Å². The average Bonchev–Trinajstić information content (AvgIpc) is 3.40. The second-order valence-electron chi connectivity index (χ2n) is 7.47. The van der Waals surface area contributed by atoms with Crippen LogP contribution in [0.3, 0.4) is 0 Å². The van der Waals surface area contributed by atoms with Gasteiger partial charge in [-0.15, -0.1) is 11.3 Å². The van der Waals surface area contributed by atoms with Crippen LogP contribution >= 0.6 is 11.3 Å². The van der Waals surface area contributed by atoms with Crippen molar-refractivity contribution in [2.45, 2.75) is 26.4 Å². The van der Waals surface area contributed by atoms with Gasteiger partial charge in [0.05, 0.1) is 23.1 Å². The van der Waals surface area contributed by atoms with E-state index >= 15 is 0 Å². The highest BCUT2D eigenvalue weighted by atomic mass is 32.1. The molecule has 3 aromatic rings. The first-order valence-electron chi connectivity index (χ1n) is 9.84. The summed E-state index contributed by atoms with van der Waals surface area (Å²) in [4.78, 5) is 41.4. The Morgan fingerprint density at radius 2 is 2.03 bits per heavy atom. The van der Waals surface area contributed by atoms with Crippen LogP contribution in [0.5, 0.6) is 0 Å². The number of pyridine rings is 1. The number of nitrogens with zero attached hydrogens (tertiary/aromatic N) is 5. The second kappa shape index (κ2) is 8.80. The van der Waals surface area contributed by atoms with Gasteiger partial charge in [-0.1, -0.05) is 0 Å². The molecule has 0 bridgehead atoms. The van der Waals surface area contributed by atoms with E-state index in [1.54, 1.807) is 16.0 Å². The maximum atomic E-state index is 13.4. The number of hydrogen-bond donors (Lipinski definition) is 2. The molecule has 4 heterocycles. The summed E-state index contributed by atoms with van der Waals surface area (Å²) in [6.45, 7) is 5.13. The first kappa shape index (κ1) is 20.9. The largest absolute Gasteiger partial charge is 0.350 e. The SMILES string of the molecule is CC(C)NC(=O)N1CCN(C(=O)c2nc(NCc3cncc(F)c3)nc3ccsc23)C1. The Kier molecular flexibility index (Phi) is 5.94. The van der Waals surface area contributed by atoms with Gasteiger partial charge in [-0.25, -0.2) is 19.2 Å². The Bertz CT molecular complexity index is 1120. The van der Waals surface area contributed by atoms with Crippen LogP contribution in [0, 0.1) is 5.82 Å². The molecule has 0 saturated carbocycles. The van der Waals surface area contributed by atoms with Gasteiger partial charge in [-0.2, -0.15) is 0 Å². The number of thiophene rings is 1. The van der Waals surface area contributed by atoms with E-state index in [-0.39, 0.29) is 42.8 Å². The molecule has 0 unspecified atom stereocenters. The van der Waals surface area contributed by atoms with Crippen molar-refractivity contribution in [1.82, 2.24) is 30.1 Å². The van der Waals surface area contributed by atoms with Gasteiger partial charge in [-0.3, -0.25) is 9.78 Å². The summed E-state index contributed by atoms with van der Waals surface area (Å²) < 4.78 is 14.0. The zero-order valence-electron chi connectivity index (χ0n) is 17.1. The minimum atomic E-state index is -0.426. The lowest BCUT2D eigenvalue weighted by atomic mass is 10.3. The lowest BCUT2D eigenvalue weighted by molar-refractivity contribution is 0.0770. The van der Waals surface area contributed by atoms with Crippen LogP contribution in [-0.2, 0) is 6.54 Å². The smallest absolute Gasteiger partial charge is 0.319 e. The predicted octanol–water partition coefficient (Wildman–Crippen LogP) is 2.67. The standard InChI is InChI=1S/C20H22FN7O2S/c1-12(2)24-20(30)28-5-4-27(11-28)18(29)16-17-15(3-6-31-17)25-19(26-16)23-9-13-7-14(21)10-22-8-13/h3,6-8,10,12H,4-5,9,11H2,1-2H3,(H,24,30)(H,23,25,26). The van der Waals surface area contributed by atoms with Crippen molar-refractivity contribution >= 4 is 39.4 Å². The molecule has 1 saturated heterocycles. The molecule has 162 valence electrons. The van der Waals surface area contributed by atoms with Crippen LogP contribution in [0.2, 0.25) is 0 Å². The van der Waals surface area contributed by atoms with Gasteiger partial charge in [0.1, 0.15) is 5.82 Å². The Morgan fingerprint density at radius 3 is 2.81 bits per heavy atom. The third kappa shape index (κ3) is 4.71. The third-order valence-electron chi connectivity index (χ3n) is 4.69. The van der Waals surface area contributed by atoms with E-state index in [1.807, 2.05) is 25.3 Å². The van der Waals surface area contributed by atoms with Crippen LogP contribution in [-0.4, -0.2) is 62.5 Å². The van der Waals surface area contributed by atoms with Crippen LogP contribution in [0.1, 0.15) is 29.9 Å². The minimum Gasteiger partial charge on any atom is -0.350 e. The molecule has 0 spiro atoms. The molecule has 9 nitrogen and oxygen atoms in total. The van der Waals surface area contributed by atoms with Crippen LogP contribution in [0.15, 0.2) is 29.9 Å². The number of amides is 3. The molecule has 1 aliphatic rings. The highest BCUT2D eigenvalue weighted by Gasteiger charge is 2.30. The summed E-state index contributed by atoms with van der Waals surface area (Å²) in [5.41, 5.74) is 1.57. The minimum absolute atomic E-state index is 0.0202. The zero-order valence-corrected chi connectivity index (χ0v) is 17.9. The van der Waals surface area contributed by atoms with E-state index in [0.29, 0.717) is 28.9 Å². The molecule has 0 aliphatic carbocycles. The molecule has 0 radical (unpaired) electrons. The number of carbonyl (C=O) groups excluding carboxylic acids is 2. The van der Waals surface area contributed by atoms with Crippen molar-refractivity contribution < 1.29 is 14.0 Å². The van der Waals surface area contributed by atoms with Crippen molar-refractivity contribution in [2.75, 3.05) is 25.1 Å². The van der Waals surface area contributed by atoms with E-state index < -0.39 is 5.82 Å². The molecule has 0 aromatic carbocycles. The van der Waals surface area contributed by atoms with Crippen LogP contribution in [0.4, 0.5) is 15.1 Å². The summed E-state index contributed by atoms with van der Waals surface area (Å²) in [5, 5.41) is 7.72. The summed E-state index contributed by atoms with van der Waals surface area (Å²) in [5.74, 6) is -0.415. The zero-order chi connectivity index (χ0) is 22.0. The van der Waals surface area contributed by atoms with Crippen LogP contribution < -0.4 is 10.6 Å². The maximum absolute atomic E-state index is 13.4. The number of urea groups is 1. The van der Waals surface area contributed by atoms with Gasteiger partial charge in [0.15, 0.2) is 5.69 Å². The fourth-order valence-electron chi connectivity index (χ4n) is 3.23. The monoisotopic (exact) mass is 443 g/mol. The molecular weight excluding hydrogens is 421 g/mol. The number of carbonyl (C=O) groups is 2. The number of anilines is 1. The fourth-order valence-corrected chi connectivity index (χ4v) is 4.04. The summed E-state index contributed by atoms with van der Waals surface area (Å²) in [6.07, 6.45) is 2.68. The van der Waals surface area contributed by atoms with E-state index in [2.05, 4.69) is 25.6 Å². The molecule has 1 aliphatic heterocycles. The highest BCUT2D eigenvalue weighted by Crippen LogP contribution is 2.25. The Hall–Kier alpha value is -3.34. The maximum Gasteiger partial charge on any atom is 0.319 e. The van der Waals surface area contributed by atoms with Gasteiger partial charge in [0.2, 0.25) is 5.95 Å². The van der Waals surface area contributed by atoms with Crippen molar-refractivity contribution in [3.63, 3.8) is 0 Å². The van der Waals surface area contributed by atoms with Crippen LogP contribution in [0.25, 0.3) is 10.2 Å². The Morgan fingerprint density at radius 1 is 1.23 bits per heavy atom. The summed E-state index contributed by atoms with van der Waals surface area (Å²) in [6, 6.07) is 3.02. The van der Waals surface area contributed by atoms with Crippen molar-refractivity contribution in [1.29, 1.82) is 0 Å². The quantitative estimate of drug-likeness (QED) is 0.629. The molecule has 3 aromatic heterocycles. The van der Waals surface area contributed by atoms with E-state index in [0.717, 1.165) is 6.20 Å². The molecule has 3 amide bonds. The number of fused-ring (bicyclic) bond motifs is 1. The van der Waals surface area contributed by atoms with Gasteiger partial charge in [0, 0.05) is 31.9 Å². The van der Waals surface area contributed by atoms with Gasteiger partial charge in [-0.05, 0) is 36.9 Å². The Balaban J connectivity index is 1.52. The number of hydrogen-bond acceptors (Lipinski definition) is 7. The highest BCUT2D eigenvalue weighted by molar-refractivity contribution is 7.17. The number of aromatic nitrogens is 3. The molecule has 1 fully saturated rings. The van der Waals surface area contributed by atoms with Gasteiger partial charge < -0.3 is 20.4 Å². The molecule has 31 heavy (non-hydrogen) atoms. The summed E-state index contributed by atoms with van der Waals surface area (Å²) in [7, 11) is 0. The number of rotatable bonds is 5. The molecule has 4 rings (SSSR count). The van der Waals surface area contributed by atoms with Crippen molar-refractivity contribution in [2.24, 2.45) is 0 Å². The molecule has 11 heteroatoms. The second-order valence-corrected chi connectivity index (χ2v) is 8.39. The van der Waals surface area contributed by atoms with Crippen molar-refractivity contribution in [3.05, 3.63) is 47.0 Å². The fraction of sp³-hybridized carbons (Fsp3) is 0.350. The first-order valence-corrected chi connectivity index (χ1v) is 10.7. The van der Waals surface area contributed by atoms with Gasteiger partial charge in [0.25, 0.3) is 5.91 Å². The predicted molar refractivity (Wildman–Crippen MR) is 115 cm³/mol. The molecular formula is C20H22FN7O2S. The van der Waals surface area contributed by atoms with E-state index in [9.17, 15) is 14.0 Å². The Labute approximate surface area is 182 Å². The third-order valence-corrected chi connectivity index (χ3v) is 5.60. The lowest BCUT2D eigenvalue weighted by Gasteiger charge is -2.20. The lowest BCUT2D eigenvalue weighted by Crippen LogP contribution is -2.43. The number of halogens is 1. The average molecular weight is 444 g/mol. The van der Waals surface area contributed by atoms with Crippen molar-refractivity contribution in [3.8, 4) is 0 Å². The number of nitrogens with one attached hydrogen (secondary N) is 2. The first-order chi connectivity index (χ1) is 14.9. The topological polar surface area (TPSA) is 103 Å². The van der Waals surface area contributed by atoms with E-state index in [1.165, 1.54) is 17.4 Å².